The number of aryl methyl sites for hydroxylation is 1. The van der Waals surface area contributed by atoms with Gasteiger partial charge in [0, 0.05) is 13.0 Å². The van der Waals surface area contributed by atoms with Crippen molar-refractivity contribution in [3.8, 4) is 0 Å². The highest BCUT2D eigenvalue weighted by Crippen LogP contribution is 2.12. The SMILES string of the molecule is C[C@H](NC(=O)CCCn1cc([N+](=O)[O-])cn1)c1ccccc1. The van der Waals surface area contributed by atoms with Gasteiger partial charge in [-0.1, -0.05) is 30.3 Å². The first-order valence-electron chi connectivity index (χ1n) is 7.07. The molecule has 7 nitrogen and oxygen atoms in total. The van der Waals surface area contributed by atoms with E-state index in [2.05, 4.69) is 10.4 Å². The number of amides is 1. The Hall–Kier alpha value is -2.70. The molecular weight excluding hydrogens is 284 g/mol. The standard InChI is InChI=1S/C15H18N4O3/c1-12(13-6-3-2-4-7-13)17-15(20)8-5-9-18-11-14(10-16-18)19(21)22/h2-4,6-7,10-12H,5,8-9H2,1H3,(H,17,20)/t12-/m0/s1. The predicted octanol–water partition coefficient (Wildman–Crippen LogP) is 2.45. The van der Waals surface area contributed by atoms with E-state index in [9.17, 15) is 14.9 Å². The second kappa shape index (κ2) is 7.35. The minimum Gasteiger partial charge on any atom is -0.350 e. The average Bonchev–Trinajstić information content (AvgIpc) is 2.97. The summed E-state index contributed by atoms with van der Waals surface area (Å²) >= 11 is 0. The number of carbonyl (C=O) groups is 1. The molecular formula is C15H18N4O3. The number of hydrogen-bond donors (Lipinski definition) is 1. The molecule has 0 radical (unpaired) electrons. The van der Waals surface area contributed by atoms with E-state index in [4.69, 9.17) is 0 Å². The van der Waals surface area contributed by atoms with E-state index < -0.39 is 4.92 Å². The Morgan fingerprint density at radius 1 is 1.41 bits per heavy atom. The Bertz CT molecular complexity index is 639. The number of hydrogen-bond acceptors (Lipinski definition) is 4. The molecule has 1 amide bonds. The molecule has 1 N–H and O–H groups in total. The Morgan fingerprint density at radius 3 is 2.77 bits per heavy atom. The van der Waals surface area contributed by atoms with Crippen molar-refractivity contribution >= 4 is 11.6 Å². The van der Waals surface area contributed by atoms with Gasteiger partial charge in [-0.05, 0) is 18.9 Å². The third kappa shape index (κ3) is 4.41. The number of aromatic nitrogens is 2. The number of nitrogens with one attached hydrogen (secondary N) is 1. The maximum absolute atomic E-state index is 11.9. The summed E-state index contributed by atoms with van der Waals surface area (Å²) in [5.74, 6) is -0.0435. The highest BCUT2D eigenvalue weighted by molar-refractivity contribution is 5.76. The molecule has 1 atom stereocenters. The first-order chi connectivity index (χ1) is 10.6. The maximum atomic E-state index is 11.9. The van der Waals surface area contributed by atoms with Crippen LogP contribution in [0.25, 0.3) is 0 Å². The zero-order valence-electron chi connectivity index (χ0n) is 12.3. The monoisotopic (exact) mass is 302 g/mol. The van der Waals surface area contributed by atoms with Gasteiger partial charge in [-0.25, -0.2) is 0 Å². The van der Waals surface area contributed by atoms with E-state index in [1.54, 1.807) is 0 Å². The maximum Gasteiger partial charge on any atom is 0.306 e. The van der Waals surface area contributed by atoms with Crippen LogP contribution in [0.2, 0.25) is 0 Å². The van der Waals surface area contributed by atoms with Crippen LogP contribution in [-0.4, -0.2) is 20.6 Å². The second-order valence-corrected chi connectivity index (χ2v) is 5.02. The van der Waals surface area contributed by atoms with Gasteiger partial charge < -0.3 is 5.32 Å². The summed E-state index contributed by atoms with van der Waals surface area (Å²) < 4.78 is 1.48. The van der Waals surface area contributed by atoms with Crippen molar-refractivity contribution in [3.63, 3.8) is 0 Å². The lowest BCUT2D eigenvalue weighted by Gasteiger charge is -2.14. The molecule has 0 bridgehead atoms. The fourth-order valence-corrected chi connectivity index (χ4v) is 2.11. The van der Waals surface area contributed by atoms with Crippen molar-refractivity contribution < 1.29 is 9.72 Å². The van der Waals surface area contributed by atoms with Gasteiger partial charge in [-0.3, -0.25) is 19.6 Å². The van der Waals surface area contributed by atoms with E-state index in [0.29, 0.717) is 19.4 Å². The number of nitrogens with zero attached hydrogens (tertiary/aromatic N) is 3. The highest BCUT2D eigenvalue weighted by Gasteiger charge is 2.11. The minimum absolute atomic E-state index is 0.0397. The fourth-order valence-electron chi connectivity index (χ4n) is 2.11. The third-order valence-electron chi connectivity index (χ3n) is 3.30. The molecule has 0 unspecified atom stereocenters. The van der Waals surface area contributed by atoms with Gasteiger partial charge in [-0.15, -0.1) is 0 Å². The summed E-state index contributed by atoms with van der Waals surface area (Å²) in [6.45, 7) is 2.41. The lowest BCUT2D eigenvalue weighted by molar-refractivity contribution is -0.385. The third-order valence-corrected chi connectivity index (χ3v) is 3.30. The van der Waals surface area contributed by atoms with E-state index >= 15 is 0 Å². The van der Waals surface area contributed by atoms with Crippen LogP contribution in [0.3, 0.4) is 0 Å². The Balaban J connectivity index is 1.74. The molecule has 2 aromatic rings. The van der Waals surface area contributed by atoms with Crippen LogP contribution in [0.4, 0.5) is 5.69 Å². The smallest absolute Gasteiger partial charge is 0.306 e. The zero-order chi connectivity index (χ0) is 15.9. The fraction of sp³-hybridized carbons (Fsp3) is 0.333. The lowest BCUT2D eigenvalue weighted by atomic mass is 10.1. The molecule has 1 aromatic heterocycles. The van der Waals surface area contributed by atoms with Crippen molar-refractivity contribution in [2.75, 3.05) is 0 Å². The van der Waals surface area contributed by atoms with Gasteiger partial charge in [0.15, 0.2) is 0 Å². The first-order valence-corrected chi connectivity index (χ1v) is 7.07. The van der Waals surface area contributed by atoms with Gasteiger partial charge in [-0.2, -0.15) is 5.10 Å². The quantitative estimate of drug-likeness (QED) is 0.628. The van der Waals surface area contributed by atoms with E-state index in [-0.39, 0.29) is 17.6 Å². The van der Waals surface area contributed by atoms with E-state index in [1.165, 1.54) is 17.1 Å². The number of nitro groups is 1. The van der Waals surface area contributed by atoms with Crippen LogP contribution < -0.4 is 5.32 Å². The van der Waals surface area contributed by atoms with Crippen molar-refractivity contribution in [1.82, 2.24) is 15.1 Å². The van der Waals surface area contributed by atoms with Gasteiger partial charge in [0.25, 0.3) is 0 Å². The van der Waals surface area contributed by atoms with Crippen LogP contribution >= 0.6 is 0 Å². The molecule has 0 spiro atoms. The van der Waals surface area contributed by atoms with Crippen LogP contribution in [0.1, 0.15) is 31.4 Å². The normalized spacial score (nSPS) is 11.9. The molecule has 1 aromatic carbocycles. The molecule has 0 saturated heterocycles. The predicted molar refractivity (Wildman–Crippen MR) is 81.1 cm³/mol. The molecule has 22 heavy (non-hydrogen) atoms. The van der Waals surface area contributed by atoms with Crippen molar-refractivity contribution in [1.29, 1.82) is 0 Å². The lowest BCUT2D eigenvalue weighted by Crippen LogP contribution is -2.26. The van der Waals surface area contributed by atoms with E-state index in [1.807, 2.05) is 37.3 Å². The highest BCUT2D eigenvalue weighted by atomic mass is 16.6. The summed E-state index contributed by atoms with van der Waals surface area (Å²) in [7, 11) is 0. The Kier molecular flexibility index (Phi) is 5.24. The van der Waals surface area contributed by atoms with Gasteiger partial charge in [0.1, 0.15) is 12.4 Å². The zero-order valence-corrected chi connectivity index (χ0v) is 12.3. The van der Waals surface area contributed by atoms with Crippen LogP contribution in [0.5, 0.6) is 0 Å². The summed E-state index contributed by atoms with van der Waals surface area (Å²) in [4.78, 5) is 21.9. The largest absolute Gasteiger partial charge is 0.350 e. The van der Waals surface area contributed by atoms with Crippen molar-refractivity contribution in [3.05, 3.63) is 58.4 Å². The molecule has 116 valence electrons. The summed E-state index contributed by atoms with van der Waals surface area (Å²) in [5, 5.41) is 17.4. The second-order valence-electron chi connectivity index (χ2n) is 5.02. The molecule has 0 fully saturated rings. The van der Waals surface area contributed by atoms with E-state index in [0.717, 1.165) is 5.56 Å². The molecule has 2 rings (SSSR count). The molecule has 0 aliphatic rings. The van der Waals surface area contributed by atoms with Crippen LogP contribution in [0.15, 0.2) is 42.7 Å². The first kappa shape index (κ1) is 15.7. The van der Waals surface area contributed by atoms with Gasteiger partial charge in [0.05, 0.1) is 11.0 Å². The summed E-state index contributed by atoms with van der Waals surface area (Å²) in [6, 6.07) is 9.69. The number of rotatable bonds is 7. The summed E-state index contributed by atoms with van der Waals surface area (Å²) in [6.07, 6.45) is 3.50. The van der Waals surface area contributed by atoms with Crippen LogP contribution in [-0.2, 0) is 11.3 Å². The molecule has 7 heteroatoms. The van der Waals surface area contributed by atoms with Gasteiger partial charge >= 0.3 is 5.69 Å². The molecule has 1 heterocycles. The van der Waals surface area contributed by atoms with Crippen molar-refractivity contribution in [2.24, 2.45) is 0 Å². The summed E-state index contributed by atoms with van der Waals surface area (Å²) in [5.41, 5.74) is 1.01. The topological polar surface area (TPSA) is 90.1 Å². The average molecular weight is 302 g/mol. The minimum atomic E-state index is -0.488. The van der Waals surface area contributed by atoms with Crippen molar-refractivity contribution in [2.45, 2.75) is 32.4 Å². The number of benzene rings is 1. The number of carbonyl (C=O) groups excluding carboxylic acids is 1. The Labute approximate surface area is 128 Å². The molecule has 0 aliphatic heterocycles. The van der Waals surface area contributed by atoms with Gasteiger partial charge in [0.2, 0.25) is 5.91 Å². The Morgan fingerprint density at radius 2 is 2.14 bits per heavy atom. The molecule has 0 saturated carbocycles. The van der Waals surface area contributed by atoms with Crippen LogP contribution in [0, 0.1) is 10.1 Å². The molecule has 0 aliphatic carbocycles.